The van der Waals surface area contributed by atoms with Gasteiger partial charge in [-0.2, -0.15) is 5.26 Å². The van der Waals surface area contributed by atoms with E-state index in [1.807, 2.05) is 0 Å². The van der Waals surface area contributed by atoms with Crippen LogP contribution < -0.4 is 15.8 Å². The fourth-order valence-corrected chi connectivity index (χ4v) is 4.03. The number of carbonyl (C=O) groups excluding carboxylic acids is 3. The van der Waals surface area contributed by atoms with Crippen molar-refractivity contribution in [3.63, 3.8) is 0 Å². The number of pyridine rings is 1. The second-order valence-electron chi connectivity index (χ2n) is 8.73. The Bertz CT molecular complexity index is 1420. The summed E-state index contributed by atoms with van der Waals surface area (Å²) in [5.41, 5.74) is 6.15. The van der Waals surface area contributed by atoms with E-state index in [4.69, 9.17) is 15.7 Å². The first kappa shape index (κ1) is 27.2. The van der Waals surface area contributed by atoms with E-state index in [0.717, 1.165) is 4.90 Å². The van der Waals surface area contributed by atoms with Gasteiger partial charge in [0.05, 0.1) is 43.0 Å². The van der Waals surface area contributed by atoms with Crippen molar-refractivity contribution in [2.24, 2.45) is 5.73 Å². The SMILES string of the molecule is N#C[C@@H]1CC(F)(F)CN1C(=O)CNC(=O)c1ccnc2ccc(OCc3cn(CCCOC(N)=O)nn3)cc12. The zero-order valence-corrected chi connectivity index (χ0v) is 20.5. The van der Waals surface area contributed by atoms with Crippen molar-refractivity contribution in [2.45, 2.75) is 38.0 Å². The molecule has 204 valence electrons. The first-order valence-corrected chi connectivity index (χ1v) is 11.8. The van der Waals surface area contributed by atoms with Crippen molar-refractivity contribution in [1.29, 1.82) is 5.26 Å². The minimum Gasteiger partial charge on any atom is -0.487 e. The molecule has 13 nitrogen and oxygen atoms in total. The second kappa shape index (κ2) is 11.7. The first-order chi connectivity index (χ1) is 18.6. The largest absolute Gasteiger partial charge is 0.487 e. The number of benzene rings is 1. The minimum absolute atomic E-state index is 0.0834. The van der Waals surface area contributed by atoms with E-state index < -0.39 is 49.4 Å². The number of carbonyl (C=O) groups is 3. The first-order valence-electron chi connectivity index (χ1n) is 11.8. The van der Waals surface area contributed by atoms with E-state index in [0.29, 0.717) is 35.3 Å². The van der Waals surface area contributed by atoms with Gasteiger partial charge in [-0.15, -0.1) is 5.10 Å². The van der Waals surface area contributed by atoms with E-state index in [-0.39, 0.29) is 18.8 Å². The van der Waals surface area contributed by atoms with Crippen LogP contribution in [0.3, 0.4) is 0 Å². The maximum Gasteiger partial charge on any atom is 0.404 e. The Labute approximate surface area is 220 Å². The number of amides is 3. The van der Waals surface area contributed by atoms with Crippen LogP contribution in [0.25, 0.3) is 10.9 Å². The number of ether oxygens (including phenoxy) is 2. The fraction of sp³-hybridized carbons (Fsp3) is 0.375. The van der Waals surface area contributed by atoms with Gasteiger partial charge in [0.25, 0.3) is 11.8 Å². The van der Waals surface area contributed by atoms with Crippen LogP contribution in [-0.4, -0.2) is 74.4 Å². The zero-order chi connectivity index (χ0) is 28.0. The molecule has 0 bridgehead atoms. The Kier molecular flexibility index (Phi) is 8.13. The van der Waals surface area contributed by atoms with Crippen LogP contribution >= 0.6 is 0 Å². The smallest absolute Gasteiger partial charge is 0.404 e. The van der Waals surface area contributed by atoms with Crippen LogP contribution in [0.5, 0.6) is 5.75 Å². The molecule has 3 aromatic rings. The molecule has 0 aliphatic carbocycles. The number of hydrogen-bond donors (Lipinski definition) is 2. The summed E-state index contributed by atoms with van der Waals surface area (Å²) in [4.78, 5) is 40.9. The average Bonchev–Trinajstić information content (AvgIpc) is 3.50. The summed E-state index contributed by atoms with van der Waals surface area (Å²) in [6.45, 7) is -0.709. The molecule has 15 heteroatoms. The Morgan fingerprint density at radius 3 is 2.87 bits per heavy atom. The van der Waals surface area contributed by atoms with Crippen LogP contribution in [0, 0.1) is 11.3 Å². The predicted molar refractivity (Wildman–Crippen MR) is 129 cm³/mol. The predicted octanol–water partition coefficient (Wildman–Crippen LogP) is 1.38. The molecule has 1 aliphatic rings. The average molecular weight is 543 g/mol. The lowest BCUT2D eigenvalue weighted by atomic mass is 10.1. The Balaban J connectivity index is 1.37. The molecule has 0 unspecified atom stereocenters. The monoisotopic (exact) mass is 542 g/mol. The van der Waals surface area contributed by atoms with Crippen LogP contribution in [-0.2, 0) is 22.7 Å². The summed E-state index contributed by atoms with van der Waals surface area (Å²) >= 11 is 0. The number of alkyl halides is 2. The number of nitriles is 1. The number of nitrogens with two attached hydrogens (primary N) is 1. The van der Waals surface area contributed by atoms with Gasteiger partial charge >= 0.3 is 6.09 Å². The molecule has 4 rings (SSSR count). The van der Waals surface area contributed by atoms with Crippen molar-refractivity contribution in [3.05, 3.63) is 47.9 Å². The summed E-state index contributed by atoms with van der Waals surface area (Å²) < 4.78 is 39.3. The molecular weight excluding hydrogens is 518 g/mol. The van der Waals surface area contributed by atoms with E-state index in [1.54, 1.807) is 35.1 Å². The summed E-state index contributed by atoms with van der Waals surface area (Å²) in [5.74, 6) is -4.12. The number of aryl methyl sites for hydroxylation is 1. The molecule has 3 amide bonds. The molecule has 1 aliphatic heterocycles. The summed E-state index contributed by atoms with van der Waals surface area (Å²) in [6, 6.07) is 6.85. The molecule has 1 saturated heterocycles. The maximum absolute atomic E-state index is 13.6. The van der Waals surface area contributed by atoms with E-state index in [2.05, 4.69) is 25.3 Å². The summed E-state index contributed by atoms with van der Waals surface area (Å²) in [5, 5.41) is 20.0. The highest BCUT2D eigenvalue weighted by atomic mass is 19.3. The molecule has 0 saturated carbocycles. The van der Waals surface area contributed by atoms with Gasteiger partial charge in [-0.1, -0.05) is 5.21 Å². The third-order valence-corrected chi connectivity index (χ3v) is 5.85. The van der Waals surface area contributed by atoms with Crippen molar-refractivity contribution >= 4 is 28.8 Å². The third kappa shape index (κ3) is 6.92. The highest BCUT2D eigenvalue weighted by Gasteiger charge is 2.47. The lowest BCUT2D eigenvalue weighted by molar-refractivity contribution is -0.131. The van der Waals surface area contributed by atoms with Gasteiger partial charge in [-0.3, -0.25) is 19.3 Å². The van der Waals surface area contributed by atoms with Crippen molar-refractivity contribution in [2.75, 3.05) is 19.7 Å². The van der Waals surface area contributed by atoms with Crippen LogP contribution in [0.4, 0.5) is 13.6 Å². The number of nitrogens with zero attached hydrogens (tertiary/aromatic N) is 6. The number of halogens is 2. The quantitative estimate of drug-likeness (QED) is 0.358. The lowest BCUT2D eigenvalue weighted by Crippen LogP contribution is -2.43. The van der Waals surface area contributed by atoms with E-state index >= 15 is 0 Å². The molecule has 2 aromatic heterocycles. The van der Waals surface area contributed by atoms with Crippen LogP contribution in [0.1, 0.15) is 28.9 Å². The van der Waals surface area contributed by atoms with Gasteiger partial charge in [0.2, 0.25) is 5.91 Å². The molecule has 3 heterocycles. The van der Waals surface area contributed by atoms with Crippen molar-refractivity contribution in [1.82, 2.24) is 30.2 Å². The minimum atomic E-state index is -3.15. The Morgan fingerprint density at radius 1 is 1.28 bits per heavy atom. The van der Waals surface area contributed by atoms with E-state index in [1.165, 1.54) is 12.3 Å². The normalized spacial score (nSPS) is 16.0. The standard InChI is InChI=1S/C24H24F2N8O5/c25-24(26)9-16(10-27)34(14-24)21(35)11-30-22(36)18-4-5-29-20-3-2-17(8-19(18)20)39-13-15-12-33(32-31-15)6-1-7-38-23(28)37/h2-5,8,12,16H,1,6-7,9,11,13-14H2,(H2,28,37)(H,30,36)/t16-/m0/s1. The molecule has 3 N–H and O–H groups in total. The number of fused-ring (bicyclic) bond motifs is 1. The molecule has 1 fully saturated rings. The van der Waals surface area contributed by atoms with Gasteiger partial charge in [-0.25, -0.2) is 13.6 Å². The Hall–Kier alpha value is -4.87. The van der Waals surface area contributed by atoms with E-state index in [9.17, 15) is 23.2 Å². The number of likely N-dealkylation sites (tertiary alicyclic amines) is 1. The summed E-state index contributed by atoms with van der Waals surface area (Å²) in [7, 11) is 0. The molecule has 0 spiro atoms. The summed E-state index contributed by atoms with van der Waals surface area (Å²) in [6.07, 6.45) is 2.04. The topological polar surface area (TPSA) is 178 Å². The second-order valence-corrected chi connectivity index (χ2v) is 8.73. The van der Waals surface area contributed by atoms with Crippen molar-refractivity contribution < 1.29 is 32.6 Å². The van der Waals surface area contributed by atoms with Crippen LogP contribution in [0.2, 0.25) is 0 Å². The van der Waals surface area contributed by atoms with Crippen molar-refractivity contribution in [3.8, 4) is 11.8 Å². The van der Waals surface area contributed by atoms with Gasteiger partial charge in [0, 0.05) is 31.0 Å². The lowest BCUT2D eigenvalue weighted by Gasteiger charge is -2.19. The van der Waals surface area contributed by atoms with Gasteiger partial charge in [0.1, 0.15) is 24.1 Å². The Morgan fingerprint density at radius 2 is 2.10 bits per heavy atom. The van der Waals surface area contributed by atoms with Gasteiger partial charge < -0.3 is 25.4 Å². The van der Waals surface area contributed by atoms with Crippen LogP contribution in [0.15, 0.2) is 36.7 Å². The van der Waals surface area contributed by atoms with Gasteiger partial charge in [-0.05, 0) is 24.3 Å². The highest BCUT2D eigenvalue weighted by molar-refractivity contribution is 6.07. The molecule has 1 aromatic carbocycles. The number of nitrogens with one attached hydrogen (secondary N) is 1. The highest BCUT2D eigenvalue weighted by Crippen LogP contribution is 2.31. The molecule has 39 heavy (non-hydrogen) atoms. The fourth-order valence-electron chi connectivity index (χ4n) is 4.03. The molecular formula is C24H24F2N8O5. The molecule has 1 atom stereocenters. The van der Waals surface area contributed by atoms with Gasteiger partial charge in [0.15, 0.2) is 0 Å². The number of primary amides is 1. The number of aromatic nitrogens is 4. The molecule has 0 radical (unpaired) electrons. The third-order valence-electron chi connectivity index (χ3n) is 5.85. The number of rotatable bonds is 10. The maximum atomic E-state index is 13.6. The number of hydrogen-bond acceptors (Lipinski definition) is 9. The zero-order valence-electron chi connectivity index (χ0n) is 20.5.